The van der Waals surface area contributed by atoms with E-state index in [0.717, 1.165) is 24.6 Å². The summed E-state index contributed by atoms with van der Waals surface area (Å²) >= 11 is 0. The molecule has 0 aliphatic carbocycles. The molecule has 6 nitrogen and oxygen atoms in total. The van der Waals surface area contributed by atoms with E-state index in [2.05, 4.69) is 65.1 Å². The number of piperidine rings is 1. The molecule has 132 valence electrons. The molecule has 1 N–H and O–H groups in total. The zero-order chi connectivity index (χ0) is 17.1. The fraction of sp³-hybridized carbons (Fsp3) is 0.667. The van der Waals surface area contributed by atoms with E-state index in [9.17, 15) is 0 Å². The van der Waals surface area contributed by atoms with Crippen LogP contribution in [0.2, 0.25) is 0 Å². The first-order chi connectivity index (χ1) is 11.6. The number of nitrogens with zero attached hydrogens (tertiary/aromatic N) is 5. The van der Waals surface area contributed by atoms with Gasteiger partial charge in [-0.1, -0.05) is 6.92 Å². The second-order valence-corrected chi connectivity index (χ2v) is 6.99. The summed E-state index contributed by atoms with van der Waals surface area (Å²) in [6.07, 6.45) is 6.40. The molecule has 2 aromatic heterocycles. The van der Waals surface area contributed by atoms with Gasteiger partial charge in [-0.05, 0) is 40.2 Å². The second kappa shape index (κ2) is 7.38. The molecule has 0 bridgehead atoms. The van der Waals surface area contributed by atoms with Gasteiger partial charge in [0.2, 0.25) is 0 Å². The van der Waals surface area contributed by atoms with Crippen molar-refractivity contribution in [2.75, 3.05) is 25.0 Å². The summed E-state index contributed by atoms with van der Waals surface area (Å²) in [7, 11) is 0. The van der Waals surface area contributed by atoms with Crippen molar-refractivity contribution >= 4 is 5.82 Å². The van der Waals surface area contributed by atoms with E-state index in [1.54, 1.807) is 0 Å². The number of anilines is 1. The highest BCUT2D eigenvalue weighted by Crippen LogP contribution is 2.25. The van der Waals surface area contributed by atoms with Gasteiger partial charge < -0.3 is 10.2 Å². The molecule has 0 aromatic carbocycles. The van der Waals surface area contributed by atoms with Crippen molar-refractivity contribution in [3.05, 3.63) is 29.7 Å². The van der Waals surface area contributed by atoms with Gasteiger partial charge in [-0.2, -0.15) is 10.2 Å². The van der Waals surface area contributed by atoms with Crippen LogP contribution in [0.25, 0.3) is 0 Å². The highest BCUT2D eigenvalue weighted by molar-refractivity contribution is 5.36. The second-order valence-electron chi connectivity index (χ2n) is 6.99. The Hall–Kier alpha value is -1.82. The Kier molecular flexibility index (Phi) is 5.23. The maximum Gasteiger partial charge on any atom is 0.124 e. The van der Waals surface area contributed by atoms with E-state index in [4.69, 9.17) is 0 Å². The van der Waals surface area contributed by atoms with Gasteiger partial charge in [-0.3, -0.25) is 4.68 Å². The number of hydrogen-bond acceptors (Lipinski definition) is 4. The summed E-state index contributed by atoms with van der Waals surface area (Å²) < 4.78 is 4.21. The van der Waals surface area contributed by atoms with Gasteiger partial charge in [0.05, 0.1) is 17.9 Å². The van der Waals surface area contributed by atoms with E-state index in [1.807, 2.05) is 10.9 Å². The standard InChI is InChI=1S/C18H30N6/c1-5-22-10-7-17(8-11-22)24-18(6-9-20-24)19-12-16-13-23(14(2)3)21-15(16)4/h6,9,13-14,17,19H,5,7-8,10-12H2,1-4H3. The molecule has 1 aliphatic heterocycles. The number of aryl methyl sites for hydroxylation is 1. The monoisotopic (exact) mass is 330 g/mol. The van der Waals surface area contributed by atoms with Gasteiger partial charge in [0.15, 0.2) is 0 Å². The van der Waals surface area contributed by atoms with Crippen molar-refractivity contribution < 1.29 is 0 Å². The summed E-state index contributed by atoms with van der Waals surface area (Å²) in [5.41, 5.74) is 2.34. The fourth-order valence-electron chi connectivity index (χ4n) is 3.37. The molecule has 0 unspecified atom stereocenters. The Morgan fingerprint density at radius 1 is 1.29 bits per heavy atom. The maximum atomic E-state index is 4.59. The molecule has 0 saturated carbocycles. The van der Waals surface area contributed by atoms with Crippen molar-refractivity contribution in [1.82, 2.24) is 24.5 Å². The summed E-state index contributed by atoms with van der Waals surface area (Å²) in [5, 5.41) is 12.7. The maximum absolute atomic E-state index is 4.59. The SMILES string of the molecule is CCN1CCC(n2nccc2NCc2cn(C(C)C)nc2C)CC1. The predicted octanol–water partition coefficient (Wildman–Crippen LogP) is 3.24. The van der Waals surface area contributed by atoms with Crippen molar-refractivity contribution in [3.8, 4) is 0 Å². The minimum absolute atomic E-state index is 0.395. The Labute approximate surface area is 144 Å². The molecule has 3 heterocycles. The third-order valence-electron chi connectivity index (χ3n) is 5.03. The van der Waals surface area contributed by atoms with Crippen molar-refractivity contribution in [2.24, 2.45) is 0 Å². The van der Waals surface area contributed by atoms with Crippen molar-refractivity contribution in [2.45, 2.75) is 59.2 Å². The number of rotatable bonds is 6. The highest BCUT2D eigenvalue weighted by Gasteiger charge is 2.21. The van der Waals surface area contributed by atoms with Crippen LogP contribution in [0.4, 0.5) is 5.82 Å². The largest absolute Gasteiger partial charge is 0.366 e. The molecule has 3 rings (SSSR count). The minimum Gasteiger partial charge on any atom is -0.366 e. The van der Waals surface area contributed by atoms with Gasteiger partial charge in [-0.25, -0.2) is 4.68 Å². The smallest absolute Gasteiger partial charge is 0.124 e. The molecule has 1 aliphatic rings. The Morgan fingerprint density at radius 2 is 2.04 bits per heavy atom. The predicted molar refractivity (Wildman–Crippen MR) is 97.3 cm³/mol. The zero-order valence-corrected chi connectivity index (χ0v) is 15.4. The van der Waals surface area contributed by atoms with Crippen LogP contribution in [0, 0.1) is 6.92 Å². The lowest BCUT2D eigenvalue weighted by Gasteiger charge is -2.31. The molecule has 0 amide bonds. The van der Waals surface area contributed by atoms with Crippen LogP contribution in [0.1, 0.15) is 57.0 Å². The molecule has 0 spiro atoms. The summed E-state index contributed by atoms with van der Waals surface area (Å²) in [4.78, 5) is 2.51. The number of aromatic nitrogens is 4. The average molecular weight is 330 g/mol. The molecular formula is C18H30N6. The lowest BCUT2D eigenvalue weighted by atomic mass is 10.1. The molecular weight excluding hydrogens is 300 g/mol. The zero-order valence-electron chi connectivity index (χ0n) is 15.4. The summed E-state index contributed by atoms with van der Waals surface area (Å²) in [5.74, 6) is 1.11. The Bertz CT molecular complexity index is 648. The van der Waals surface area contributed by atoms with Crippen molar-refractivity contribution in [3.63, 3.8) is 0 Å². The van der Waals surface area contributed by atoms with Crippen molar-refractivity contribution in [1.29, 1.82) is 0 Å². The van der Waals surface area contributed by atoms with E-state index in [0.29, 0.717) is 12.1 Å². The van der Waals surface area contributed by atoms with Crippen LogP contribution in [0.5, 0.6) is 0 Å². The Balaban J connectivity index is 1.64. The molecule has 2 aromatic rings. The van der Waals surface area contributed by atoms with E-state index >= 15 is 0 Å². The number of likely N-dealkylation sites (tertiary alicyclic amines) is 1. The van der Waals surface area contributed by atoms with Gasteiger partial charge in [0, 0.05) is 43.5 Å². The number of hydrogen-bond donors (Lipinski definition) is 1. The van der Waals surface area contributed by atoms with Crippen LogP contribution in [0.15, 0.2) is 18.5 Å². The minimum atomic E-state index is 0.395. The fourth-order valence-corrected chi connectivity index (χ4v) is 3.37. The van der Waals surface area contributed by atoms with E-state index in [-0.39, 0.29) is 0 Å². The van der Waals surface area contributed by atoms with Crippen LogP contribution >= 0.6 is 0 Å². The molecule has 6 heteroatoms. The third-order valence-corrected chi connectivity index (χ3v) is 5.03. The first-order valence-corrected chi connectivity index (χ1v) is 9.12. The Morgan fingerprint density at radius 3 is 2.67 bits per heavy atom. The molecule has 24 heavy (non-hydrogen) atoms. The van der Waals surface area contributed by atoms with E-state index in [1.165, 1.54) is 31.5 Å². The first-order valence-electron chi connectivity index (χ1n) is 9.12. The van der Waals surface area contributed by atoms with Crippen LogP contribution < -0.4 is 5.32 Å². The van der Waals surface area contributed by atoms with Gasteiger partial charge >= 0.3 is 0 Å². The molecule has 1 saturated heterocycles. The summed E-state index contributed by atoms with van der Waals surface area (Å²) in [6, 6.07) is 2.98. The van der Waals surface area contributed by atoms with Crippen LogP contribution in [0.3, 0.4) is 0 Å². The van der Waals surface area contributed by atoms with Gasteiger partial charge in [-0.15, -0.1) is 0 Å². The van der Waals surface area contributed by atoms with Crippen LogP contribution in [-0.4, -0.2) is 44.1 Å². The van der Waals surface area contributed by atoms with E-state index < -0.39 is 0 Å². The first kappa shape index (κ1) is 17.0. The quantitative estimate of drug-likeness (QED) is 0.883. The van der Waals surface area contributed by atoms with Crippen LogP contribution in [-0.2, 0) is 6.54 Å². The lowest BCUT2D eigenvalue weighted by Crippen LogP contribution is -2.34. The van der Waals surface area contributed by atoms with Gasteiger partial charge in [0.25, 0.3) is 0 Å². The normalized spacial score (nSPS) is 16.9. The number of nitrogens with one attached hydrogen (secondary N) is 1. The summed E-state index contributed by atoms with van der Waals surface area (Å²) in [6.45, 7) is 12.9. The molecule has 0 radical (unpaired) electrons. The lowest BCUT2D eigenvalue weighted by molar-refractivity contribution is 0.188. The third kappa shape index (κ3) is 3.64. The molecule has 1 fully saturated rings. The average Bonchev–Trinajstić information content (AvgIpc) is 3.19. The molecule has 0 atom stereocenters. The van der Waals surface area contributed by atoms with Gasteiger partial charge in [0.1, 0.15) is 5.82 Å². The highest BCUT2D eigenvalue weighted by atomic mass is 15.3. The topological polar surface area (TPSA) is 50.9 Å².